The van der Waals surface area contributed by atoms with Crippen LogP contribution in [0.4, 0.5) is 5.13 Å². The van der Waals surface area contributed by atoms with Crippen LogP contribution in [0.2, 0.25) is 0 Å². The molecule has 0 spiro atoms. The van der Waals surface area contributed by atoms with Crippen LogP contribution in [-0.2, 0) is 6.54 Å². The molecule has 0 aliphatic carbocycles. The molecule has 5 heteroatoms. The lowest BCUT2D eigenvalue weighted by Gasteiger charge is -2.13. The van der Waals surface area contributed by atoms with E-state index < -0.39 is 0 Å². The predicted molar refractivity (Wildman–Crippen MR) is 82.3 cm³/mol. The Morgan fingerprint density at radius 3 is 2.60 bits per heavy atom. The number of amides is 1. The van der Waals surface area contributed by atoms with Crippen molar-refractivity contribution in [2.24, 2.45) is 0 Å². The SMILES string of the molecule is CC[NH+](CC)Cc1cnc(NC(=O)c2ccccc2)s1. The Labute approximate surface area is 123 Å². The van der Waals surface area contributed by atoms with Gasteiger partial charge in [0.15, 0.2) is 5.13 Å². The summed E-state index contributed by atoms with van der Waals surface area (Å²) in [6, 6.07) is 9.19. The molecule has 0 fully saturated rings. The lowest BCUT2D eigenvalue weighted by Crippen LogP contribution is -3.10. The van der Waals surface area contributed by atoms with E-state index in [-0.39, 0.29) is 5.91 Å². The molecule has 2 rings (SSSR count). The Balaban J connectivity index is 1.98. The van der Waals surface area contributed by atoms with Crippen molar-refractivity contribution in [2.75, 3.05) is 18.4 Å². The van der Waals surface area contributed by atoms with Gasteiger partial charge >= 0.3 is 0 Å². The van der Waals surface area contributed by atoms with Crippen molar-refractivity contribution >= 4 is 22.4 Å². The standard InChI is InChI=1S/C15H19N3OS/c1-3-18(4-2)11-13-10-16-15(20-13)17-14(19)12-8-6-5-7-9-12/h5-10H,3-4,11H2,1-2H3,(H,16,17,19)/p+1. The smallest absolute Gasteiger partial charge is 0.257 e. The van der Waals surface area contributed by atoms with Gasteiger partial charge in [0.25, 0.3) is 5.91 Å². The van der Waals surface area contributed by atoms with E-state index in [1.54, 1.807) is 23.5 Å². The second-order valence-electron chi connectivity index (χ2n) is 4.59. The molecule has 0 bridgehead atoms. The first-order valence-electron chi connectivity index (χ1n) is 6.87. The van der Waals surface area contributed by atoms with E-state index in [1.165, 1.54) is 9.78 Å². The maximum absolute atomic E-state index is 12.0. The summed E-state index contributed by atoms with van der Waals surface area (Å²) < 4.78 is 0. The highest BCUT2D eigenvalue weighted by Crippen LogP contribution is 2.18. The summed E-state index contributed by atoms with van der Waals surface area (Å²) in [7, 11) is 0. The van der Waals surface area contributed by atoms with Crippen molar-refractivity contribution in [2.45, 2.75) is 20.4 Å². The summed E-state index contributed by atoms with van der Waals surface area (Å²) in [6.45, 7) is 7.52. The Morgan fingerprint density at radius 1 is 1.25 bits per heavy atom. The molecule has 0 aliphatic rings. The van der Waals surface area contributed by atoms with Crippen LogP contribution in [-0.4, -0.2) is 24.0 Å². The molecule has 0 atom stereocenters. The Hall–Kier alpha value is -1.72. The third-order valence-electron chi connectivity index (χ3n) is 3.23. The van der Waals surface area contributed by atoms with Crippen molar-refractivity contribution in [3.05, 3.63) is 47.0 Å². The van der Waals surface area contributed by atoms with Crippen LogP contribution >= 0.6 is 11.3 Å². The molecule has 1 aromatic carbocycles. The molecule has 1 aromatic heterocycles. The second-order valence-corrected chi connectivity index (χ2v) is 5.70. The number of carbonyl (C=O) groups is 1. The largest absolute Gasteiger partial charge is 0.331 e. The summed E-state index contributed by atoms with van der Waals surface area (Å²) in [5.41, 5.74) is 0.651. The zero-order chi connectivity index (χ0) is 14.4. The van der Waals surface area contributed by atoms with Gasteiger partial charge in [0.1, 0.15) is 6.54 Å². The number of nitrogens with zero attached hydrogens (tertiary/aromatic N) is 1. The van der Waals surface area contributed by atoms with Gasteiger partial charge in [-0.15, -0.1) is 0 Å². The van der Waals surface area contributed by atoms with E-state index in [4.69, 9.17) is 0 Å². The number of quaternary nitrogens is 1. The molecule has 0 saturated carbocycles. The van der Waals surface area contributed by atoms with Gasteiger partial charge in [-0.05, 0) is 26.0 Å². The van der Waals surface area contributed by atoms with Crippen molar-refractivity contribution in [3.63, 3.8) is 0 Å². The average molecular weight is 290 g/mol. The average Bonchev–Trinajstić information content (AvgIpc) is 2.92. The number of nitrogens with one attached hydrogen (secondary N) is 2. The summed E-state index contributed by atoms with van der Waals surface area (Å²) in [5, 5.41) is 3.51. The van der Waals surface area contributed by atoms with Gasteiger partial charge in [0.2, 0.25) is 0 Å². The van der Waals surface area contributed by atoms with Crippen LogP contribution in [0.15, 0.2) is 36.5 Å². The van der Waals surface area contributed by atoms with Crippen LogP contribution in [0.1, 0.15) is 29.1 Å². The van der Waals surface area contributed by atoms with Gasteiger partial charge in [-0.2, -0.15) is 0 Å². The van der Waals surface area contributed by atoms with Gasteiger partial charge in [0.05, 0.1) is 18.0 Å². The van der Waals surface area contributed by atoms with Crippen molar-refractivity contribution in [1.29, 1.82) is 0 Å². The third kappa shape index (κ3) is 3.88. The summed E-state index contributed by atoms with van der Waals surface area (Å²) >= 11 is 1.55. The highest BCUT2D eigenvalue weighted by Gasteiger charge is 2.11. The molecule has 0 radical (unpaired) electrons. The van der Waals surface area contributed by atoms with Crippen LogP contribution in [0, 0.1) is 0 Å². The van der Waals surface area contributed by atoms with Gasteiger partial charge < -0.3 is 4.90 Å². The molecule has 0 aliphatic heterocycles. The normalized spacial score (nSPS) is 10.8. The molecular formula is C15H20N3OS+. The van der Waals surface area contributed by atoms with Crippen molar-refractivity contribution in [1.82, 2.24) is 4.98 Å². The lowest BCUT2D eigenvalue weighted by molar-refractivity contribution is -0.909. The van der Waals surface area contributed by atoms with E-state index in [2.05, 4.69) is 24.1 Å². The molecule has 0 unspecified atom stereocenters. The first-order chi connectivity index (χ1) is 9.72. The molecular weight excluding hydrogens is 270 g/mol. The number of thiazole rings is 1. The van der Waals surface area contributed by atoms with Gasteiger partial charge in [-0.1, -0.05) is 29.5 Å². The van der Waals surface area contributed by atoms with Gasteiger partial charge in [-0.3, -0.25) is 10.1 Å². The van der Waals surface area contributed by atoms with E-state index in [0.717, 1.165) is 19.6 Å². The predicted octanol–water partition coefficient (Wildman–Crippen LogP) is 1.82. The maximum Gasteiger partial charge on any atom is 0.257 e. The fraction of sp³-hybridized carbons (Fsp3) is 0.333. The molecule has 0 saturated heterocycles. The zero-order valence-corrected chi connectivity index (χ0v) is 12.7. The van der Waals surface area contributed by atoms with Crippen LogP contribution < -0.4 is 10.2 Å². The Bertz CT molecular complexity index is 549. The molecule has 20 heavy (non-hydrogen) atoms. The minimum atomic E-state index is -0.110. The summed E-state index contributed by atoms with van der Waals surface area (Å²) in [4.78, 5) is 19.0. The highest BCUT2D eigenvalue weighted by atomic mass is 32.1. The van der Waals surface area contributed by atoms with Crippen LogP contribution in [0.5, 0.6) is 0 Å². The Kier molecular flexibility index (Phi) is 5.26. The van der Waals surface area contributed by atoms with Crippen LogP contribution in [0.3, 0.4) is 0 Å². The molecule has 2 N–H and O–H groups in total. The molecule has 1 heterocycles. The third-order valence-corrected chi connectivity index (χ3v) is 4.15. The number of carbonyl (C=O) groups excluding carboxylic acids is 1. The quantitative estimate of drug-likeness (QED) is 0.852. The molecule has 1 amide bonds. The first kappa shape index (κ1) is 14.7. The summed E-state index contributed by atoms with van der Waals surface area (Å²) in [6.07, 6.45) is 1.86. The lowest BCUT2D eigenvalue weighted by atomic mass is 10.2. The number of anilines is 1. The molecule has 106 valence electrons. The molecule has 2 aromatic rings. The zero-order valence-electron chi connectivity index (χ0n) is 11.8. The van der Waals surface area contributed by atoms with Crippen molar-refractivity contribution < 1.29 is 9.69 Å². The molecule has 4 nitrogen and oxygen atoms in total. The Morgan fingerprint density at radius 2 is 1.95 bits per heavy atom. The second kappa shape index (κ2) is 7.17. The minimum Gasteiger partial charge on any atom is -0.331 e. The number of benzene rings is 1. The van der Waals surface area contributed by atoms with Crippen molar-refractivity contribution in [3.8, 4) is 0 Å². The number of aromatic nitrogens is 1. The van der Waals surface area contributed by atoms with E-state index in [9.17, 15) is 4.79 Å². The van der Waals surface area contributed by atoms with E-state index in [1.807, 2.05) is 24.4 Å². The van der Waals surface area contributed by atoms with Crippen LogP contribution in [0.25, 0.3) is 0 Å². The highest BCUT2D eigenvalue weighted by molar-refractivity contribution is 7.15. The maximum atomic E-state index is 12.0. The minimum absolute atomic E-state index is 0.110. The fourth-order valence-corrected chi connectivity index (χ4v) is 2.83. The van der Waals surface area contributed by atoms with Gasteiger partial charge in [-0.25, -0.2) is 4.98 Å². The van der Waals surface area contributed by atoms with E-state index in [0.29, 0.717) is 10.7 Å². The summed E-state index contributed by atoms with van der Waals surface area (Å²) in [5.74, 6) is -0.110. The number of hydrogen-bond donors (Lipinski definition) is 2. The monoisotopic (exact) mass is 290 g/mol. The number of hydrogen-bond acceptors (Lipinski definition) is 3. The fourth-order valence-electron chi connectivity index (χ4n) is 1.95. The number of rotatable bonds is 6. The topological polar surface area (TPSA) is 46.4 Å². The van der Waals surface area contributed by atoms with E-state index >= 15 is 0 Å². The van der Waals surface area contributed by atoms with Gasteiger partial charge in [0, 0.05) is 11.8 Å². The first-order valence-corrected chi connectivity index (χ1v) is 7.69.